The molecule has 0 fully saturated rings. The average molecular weight is 383 g/mol. The SMILES string of the molecule is COc1ccc(C(=O)NCCn2nc(-c3ccccn3)n(C)c2=O)cc1OC. The lowest BCUT2D eigenvalue weighted by Crippen LogP contribution is -2.31. The molecule has 0 radical (unpaired) electrons. The van der Waals surface area contributed by atoms with Crippen LogP contribution in [-0.2, 0) is 13.6 Å². The highest BCUT2D eigenvalue weighted by molar-refractivity contribution is 5.94. The lowest BCUT2D eigenvalue weighted by atomic mass is 10.2. The zero-order valence-electron chi connectivity index (χ0n) is 15.9. The van der Waals surface area contributed by atoms with Crippen molar-refractivity contribution in [1.82, 2.24) is 24.6 Å². The molecule has 0 bridgehead atoms. The van der Waals surface area contributed by atoms with Crippen LogP contribution >= 0.6 is 0 Å². The normalized spacial score (nSPS) is 10.5. The zero-order valence-corrected chi connectivity index (χ0v) is 15.9. The van der Waals surface area contributed by atoms with Crippen LogP contribution in [0, 0.1) is 0 Å². The van der Waals surface area contributed by atoms with Gasteiger partial charge in [-0.15, -0.1) is 5.10 Å². The highest BCUT2D eigenvalue weighted by atomic mass is 16.5. The second-order valence-electron chi connectivity index (χ2n) is 5.93. The predicted molar refractivity (Wildman–Crippen MR) is 103 cm³/mol. The first-order chi connectivity index (χ1) is 13.5. The van der Waals surface area contributed by atoms with E-state index >= 15 is 0 Å². The van der Waals surface area contributed by atoms with E-state index in [-0.39, 0.29) is 24.7 Å². The van der Waals surface area contributed by atoms with Gasteiger partial charge in [0, 0.05) is 25.4 Å². The molecule has 0 atom stereocenters. The number of hydrogen-bond donors (Lipinski definition) is 1. The van der Waals surface area contributed by atoms with Gasteiger partial charge in [-0.05, 0) is 30.3 Å². The Kier molecular flexibility index (Phi) is 5.73. The number of hydrogen-bond acceptors (Lipinski definition) is 6. The van der Waals surface area contributed by atoms with Gasteiger partial charge in [0.15, 0.2) is 17.3 Å². The fourth-order valence-electron chi connectivity index (χ4n) is 2.71. The third-order valence-corrected chi connectivity index (χ3v) is 4.19. The van der Waals surface area contributed by atoms with E-state index in [1.807, 2.05) is 6.07 Å². The smallest absolute Gasteiger partial charge is 0.346 e. The maximum atomic E-state index is 12.4. The summed E-state index contributed by atoms with van der Waals surface area (Å²) in [5.74, 6) is 1.20. The summed E-state index contributed by atoms with van der Waals surface area (Å²) in [6, 6.07) is 10.3. The molecular weight excluding hydrogens is 362 g/mol. The molecule has 0 aliphatic rings. The minimum absolute atomic E-state index is 0.235. The number of aromatic nitrogens is 4. The van der Waals surface area contributed by atoms with Crippen molar-refractivity contribution in [3.8, 4) is 23.0 Å². The number of rotatable bonds is 7. The van der Waals surface area contributed by atoms with Crippen molar-refractivity contribution in [3.63, 3.8) is 0 Å². The molecule has 28 heavy (non-hydrogen) atoms. The number of nitrogens with one attached hydrogen (secondary N) is 1. The second kappa shape index (κ2) is 8.38. The summed E-state index contributed by atoms with van der Waals surface area (Å²) in [6.45, 7) is 0.476. The van der Waals surface area contributed by atoms with E-state index in [1.165, 1.54) is 23.5 Å². The number of pyridine rings is 1. The topological polar surface area (TPSA) is 100 Å². The molecule has 9 nitrogen and oxygen atoms in total. The standard InChI is InChI=1S/C19H21N5O4/c1-23-17(14-6-4-5-9-20-14)22-24(19(23)26)11-10-21-18(25)13-7-8-15(27-2)16(12-13)28-3/h4-9,12H,10-11H2,1-3H3,(H,21,25). The molecule has 3 rings (SSSR count). The van der Waals surface area contributed by atoms with Gasteiger partial charge in [-0.25, -0.2) is 9.48 Å². The molecule has 1 N–H and O–H groups in total. The van der Waals surface area contributed by atoms with Crippen molar-refractivity contribution in [1.29, 1.82) is 0 Å². The van der Waals surface area contributed by atoms with Crippen molar-refractivity contribution in [2.45, 2.75) is 6.54 Å². The molecule has 0 unspecified atom stereocenters. The molecule has 3 aromatic rings. The van der Waals surface area contributed by atoms with Crippen molar-refractivity contribution in [2.24, 2.45) is 7.05 Å². The molecule has 146 valence electrons. The first-order valence-corrected chi connectivity index (χ1v) is 8.60. The Morgan fingerprint density at radius 1 is 1.14 bits per heavy atom. The van der Waals surface area contributed by atoms with E-state index in [4.69, 9.17) is 9.47 Å². The Balaban J connectivity index is 1.67. The third-order valence-electron chi connectivity index (χ3n) is 4.19. The molecule has 9 heteroatoms. The molecular formula is C19H21N5O4. The van der Waals surface area contributed by atoms with Crippen LogP contribution in [-0.4, -0.2) is 46.0 Å². The number of nitrogens with zero attached hydrogens (tertiary/aromatic N) is 4. The Bertz CT molecular complexity index is 1030. The van der Waals surface area contributed by atoms with Crippen LogP contribution < -0.4 is 20.5 Å². The first kappa shape index (κ1) is 19.2. The highest BCUT2D eigenvalue weighted by Crippen LogP contribution is 2.27. The summed E-state index contributed by atoms with van der Waals surface area (Å²) < 4.78 is 13.1. The van der Waals surface area contributed by atoms with Crippen molar-refractivity contribution in [2.75, 3.05) is 20.8 Å². The van der Waals surface area contributed by atoms with Crippen LogP contribution in [0.5, 0.6) is 11.5 Å². The van der Waals surface area contributed by atoms with Crippen molar-refractivity contribution in [3.05, 3.63) is 58.6 Å². The Morgan fingerprint density at radius 3 is 2.61 bits per heavy atom. The number of amides is 1. The van der Waals surface area contributed by atoms with Crippen molar-refractivity contribution >= 4 is 5.91 Å². The van der Waals surface area contributed by atoms with Crippen LogP contribution in [0.3, 0.4) is 0 Å². The van der Waals surface area contributed by atoms with Gasteiger partial charge in [-0.1, -0.05) is 6.07 Å². The highest BCUT2D eigenvalue weighted by Gasteiger charge is 2.14. The molecule has 1 amide bonds. The minimum Gasteiger partial charge on any atom is -0.493 e. The van der Waals surface area contributed by atoms with Crippen molar-refractivity contribution < 1.29 is 14.3 Å². The lowest BCUT2D eigenvalue weighted by Gasteiger charge is -2.10. The predicted octanol–water partition coefficient (Wildman–Crippen LogP) is 1.09. The van der Waals surface area contributed by atoms with Crippen LogP contribution in [0.15, 0.2) is 47.4 Å². The molecule has 0 aliphatic carbocycles. The third kappa shape index (κ3) is 3.88. The molecule has 1 aromatic carbocycles. The first-order valence-electron chi connectivity index (χ1n) is 8.60. The maximum Gasteiger partial charge on any atom is 0.346 e. The van der Waals surface area contributed by atoms with Gasteiger partial charge in [-0.3, -0.25) is 14.3 Å². The number of carbonyl (C=O) groups excluding carboxylic acids is 1. The van der Waals surface area contributed by atoms with E-state index in [2.05, 4.69) is 15.4 Å². The summed E-state index contributed by atoms with van der Waals surface area (Å²) in [7, 11) is 4.67. The number of carbonyl (C=O) groups is 1. The van der Waals surface area contributed by atoms with Crippen LogP contribution in [0.1, 0.15) is 10.4 Å². The van der Waals surface area contributed by atoms with E-state index in [1.54, 1.807) is 43.6 Å². The second-order valence-corrected chi connectivity index (χ2v) is 5.93. The van der Waals surface area contributed by atoms with E-state index < -0.39 is 0 Å². The zero-order chi connectivity index (χ0) is 20.1. The summed E-state index contributed by atoms with van der Waals surface area (Å²) in [5.41, 5.74) is 0.761. The number of methoxy groups -OCH3 is 2. The monoisotopic (exact) mass is 383 g/mol. The fraction of sp³-hybridized carbons (Fsp3) is 0.263. The molecule has 0 spiro atoms. The van der Waals surface area contributed by atoms with Gasteiger partial charge >= 0.3 is 5.69 Å². The van der Waals surface area contributed by atoms with Crippen LogP contribution in [0.25, 0.3) is 11.5 Å². The van der Waals surface area contributed by atoms with Gasteiger partial charge in [0.05, 0.1) is 20.8 Å². The molecule has 0 aliphatic heterocycles. The number of ether oxygens (including phenoxy) is 2. The average Bonchev–Trinajstić information content (AvgIpc) is 3.02. The summed E-state index contributed by atoms with van der Waals surface area (Å²) in [4.78, 5) is 28.9. The summed E-state index contributed by atoms with van der Waals surface area (Å²) >= 11 is 0. The summed E-state index contributed by atoms with van der Waals surface area (Å²) in [6.07, 6.45) is 1.64. The Labute approximate surface area is 161 Å². The van der Waals surface area contributed by atoms with Crippen LogP contribution in [0.4, 0.5) is 0 Å². The van der Waals surface area contributed by atoms with Crippen LogP contribution in [0.2, 0.25) is 0 Å². The molecule has 0 saturated carbocycles. The van der Waals surface area contributed by atoms with Gasteiger partial charge in [0.25, 0.3) is 5.91 Å². The van der Waals surface area contributed by atoms with Gasteiger partial charge in [0.1, 0.15) is 5.69 Å². The number of benzene rings is 1. The molecule has 2 aromatic heterocycles. The van der Waals surface area contributed by atoms with Gasteiger partial charge in [-0.2, -0.15) is 0 Å². The lowest BCUT2D eigenvalue weighted by molar-refractivity contribution is 0.0951. The van der Waals surface area contributed by atoms with E-state index in [9.17, 15) is 9.59 Å². The summed E-state index contributed by atoms with van der Waals surface area (Å²) in [5, 5.41) is 7.09. The molecule has 0 saturated heterocycles. The van der Waals surface area contributed by atoms with Gasteiger partial charge in [0.2, 0.25) is 0 Å². The largest absolute Gasteiger partial charge is 0.493 e. The Morgan fingerprint density at radius 2 is 1.93 bits per heavy atom. The Hall–Kier alpha value is -3.62. The minimum atomic E-state index is -0.283. The van der Waals surface area contributed by atoms with E-state index in [0.29, 0.717) is 28.6 Å². The van der Waals surface area contributed by atoms with Gasteiger partial charge < -0.3 is 14.8 Å². The quantitative estimate of drug-likeness (QED) is 0.656. The maximum absolute atomic E-state index is 12.4. The fourth-order valence-corrected chi connectivity index (χ4v) is 2.71. The molecule has 2 heterocycles. The van der Waals surface area contributed by atoms with E-state index in [0.717, 1.165) is 0 Å².